The number of likely N-dealkylation sites (tertiary alicyclic amines) is 1. The summed E-state index contributed by atoms with van der Waals surface area (Å²) in [5.74, 6) is 0.499. The summed E-state index contributed by atoms with van der Waals surface area (Å²) in [6.07, 6.45) is 0.667. The van der Waals surface area contributed by atoms with Crippen molar-refractivity contribution in [3.63, 3.8) is 0 Å². The van der Waals surface area contributed by atoms with E-state index in [9.17, 15) is 9.18 Å². The molecule has 0 spiro atoms. The molecule has 2 aliphatic rings. The largest absolute Gasteiger partial charge is 0.444 e. The predicted octanol–water partition coefficient (Wildman–Crippen LogP) is 2.73. The number of ether oxygens (including phenoxy) is 1. The molecule has 0 aliphatic carbocycles. The number of hydrogen-bond acceptors (Lipinski definition) is 4. The molecule has 2 saturated heterocycles. The van der Waals surface area contributed by atoms with Crippen molar-refractivity contribution in [1.29, 1.82) is 0 Å². The Morgan fingerprint density at radius 1 is 1.32 bits per heavy atom. The molecule has 6 heteroatoms. The highest BCUT2D eigenvalue weighted by Gasteiger charge is 2.47. The van der Waals surface area contributed by atoms with Gasteiger partial charge in [-0.05, 0) is 46.2 Å². The molecule has 5 nitrogen and oxygen atoms in total. The molecule has 0 aromatic carbocycles. The lowest BCUT2D eigenvalue weighted by molar-refractivity contribution is 0.0214. The molecule has 2 aliphatic heterocycles. The second kappa shape index (κ2) is 5.11. The summed E-state index contributed by atoms with van der Waals surface area (Å²) in [6.45, 7) is 8.64. The molecular formula is C16H22FN3O2. The first kappa shape index (κ1) is 15.1. The predicted molar refractivity (Wildman–Crippen MR) is 81.4 cm³/mol. The van der Waals surface area contributed by atoms with Gasteiger partial charge in [0, 0.05) is 13.1 Å². The van der Waals surface area contributed by atoms with Crippen LogP contribution in [0.4, 0.5) is 15.0 Å². The second-order valence-corrected chi connectivity index (χ2v) is 7.07. The average Bonchev–Trinajstić information content (AvgIpc) is 2.99. The Balaban J connectivity index is 1.69. The molecule has 0 radical (unpaired) electrons. The van der Waals surface area contributed by atoms with E-state index < -0.39 is 5.60 Å². The van der Waals surface area contributed by atoms with Crippen LogP contribution in [0.2, 0.25) is 0 Å². The van der Waals surface area contributed by atoms with E-state index in [1.807, 2.05) is 25.7 Å². The van der Waals surface area contributed by atoms with E-state index in [0.29, 0.717) is 12.2 Å². The van der Waals surface area contributed by atoms with Crippen LogP contribution in [0.5, 0.6) is 0 Å². The maximum absolute atomic E-state index is 13.3. The van der Waals surface area contributed by atoms with Gasteiger partial charge in [-0.3, -0.25) is 0 Å². The Morgan fingerprint density at radius 3 is 2.59 bits per heavy atom. The van der Waals surface area contributed by atoms with Crippen molar-refractivity contribution in [2.75, 3.05) is 18.0 Å². The fourth-order valence-corrected chi connectivity index (χ4v) is 3.18. The summed E-state index contributed by atoms with van der Waals surface area (Å²) in [5.41, 5.74) is -0.0712. The Labute approximate surface area is 130 Å². The Morgan fingerprint density at radius 2 is 2.05 bits per heavy atom. The molecule has 3 rings (SSSR count). The minimum atomic E-state index is -0.478. The highest BCUT2D eigenvalue weighted by molar-refractivity contribution is 5.70. The number of anilines is 1. The summed E-state index contributed by atoms with van der Waals surface area (Å²) >= 11 is 0. The van der Waals surface area contributed by atoms with Gasteiger partial charge >= 0.3 is 6.09 Å². The minimum Gasteiger partial charge on any atom is -0.444 e. The number of nitrogens with zero attached hydrogens (tertiary/aromatic N) is 3. The van der Waals surface area contributed by atoms with Gasteiger partial charge in [0.05, 0.1) is 17.8 Å². The summed E-state index contributed by atoms with van der Waals surface area (Å²) in [6, 6.07) is 3.54. The van der Waals surface area contributed by atoms with E-state index in [1.54, 1.807) is 13.0 Å². The van der Waals surface area contributed by atoms with Crippen LogP contribution in [-0.2, 0) is 4.74 Å². The number of fused-ring (bicyclic) bond motifs is 2. The van der Waals surface area contributed by atoms with Gasteiger partial charge in [-0.2, -0.15) is 0 Å². The number of pyridine rings is 1. The third-order valence-electron chi connectivity index (χ3n) is 4.17. The maximum Gasteiger partial charge on any atom is 0.410 e. The molecule has 0 N–H and O–H groups in total. The molecule has 2 fully saturated rings. The second-order valence-electron chi connectivity index (χ2n) is 7.07. The molecule has 3 heterocycles. The van der Waals surface area contributed by atoms with E-state index in [2.05, 4.69) is 9.88 Å². The third kappa shape index (κ3) is 2.74. The molecule has 1 aromatic rings. The van der Waals surface area contributed by atoms with Crippen LogP contribution < -0.4 is 4.90 Å². The average molecular weight is 307 g/mol. The van der Waals surface area contributed by atoms with Crippen molar-refractivity contribution in [2.45, 2.75) is 51.8 Å². The number of halogens is 1. The lowest BCUT2D eigenvalue weighted by Gasteiger charge is -2.35. The van der Waals surface area contributed by atoms with E-state index in [4.69, 9.17) is 4.74 Å². The summed E-state index contributed by atoms with van der Waals surface area (Å²) in [4.78, 5) is 20.5. The van der Waals surface area contributed by atoms with Crippen molar-refractivity contribution in [3.05, 3.63) is 23.6 Å². The van der Waals surface area contributed by atoms with Crippen LogP contribution in [0.15, 0.2) is 12.1 Å². The fourth-order valence-electron chi connectivity index (χ4n) is 3.18. The van der Waals surface area contributed by atoms with E-state index in [-0.39, 0.29) is 24.0 Å². The molecular weight excluding hydrogens is 285 g/mol. The number of amides is 1. The summed E-state index contributed by atoms with van der Waals surface area (Å²) < 4.78 is 18.8. The molecule has 1 amide bonds. The molecule has 2 bridgehead atoms. The number of carbonyl (C=O) groups is 1. The Kier molecular flexibility index (Phi) is 3.50. The SMILES string of the molecule is Cc1nc(N2C[C@@H]3C[C@H]2CN3C(=O)OC(C)(C)C)ccc1F. The third-order valence-corrected chi connectivity index (χ3v) is 4.17. The van der Waals surface area contributed by atoms with Gasteiger partial charge in [0.25, 0.3) is 0 Å². The highest BCUT2D eigenvalue weighted by Crippen LogP contribution is 2.34. The summed E-state index contributed by atoms with van der Waals surface area (Å²) in [7, 11) is 0. The lowest BCUT2D eigenvalue weighted by atomic mass is 10.2. The van der Waals surface area contributed by atoms with Gasteiger partial charge in [-0.15, -0.1) is 0 Å². The monoisotopic (exact) mass is 307 g/mol. The van der Waals surface area contributed by atoms with Gasteiger partial charge in [0.1, 0.15) is 17.2 Å². The zero-order valence-corrected chi connectivity index (χ0v) is 13.5. The van der Waals surface area contributed by atoms with Crippen molar-refractivity contribution in [2.24, 2.45) is 0 Å². The Bertz CT molecular complexity index is 600. The number of hydrogen-bond donors (Lipinski definition) is 0. The van der Waals surface area contributed by atoms with Crippen molar-refractivity contribution < 1.29 is 13.9 Å². The normalized spacial score (nSPS) is 24.0. The molecule has 0 unspecified atom stereocenters. The standard InChI is InChI=1S/C16H22FN3O2/c1-10-13(17)5-6-14(18-10)19-8-12-7-11(19)9-20(12)15(21)22-16(2,3)4/h5-6,11-12H,7-9H2,1-4H3/t11-,12-/m0/s1. The molecule has 0 saturated carbocycles. The van der Waals surface area contributed by atoms with Gasteiger partial charge < -0.3 is 14.5 Å². The first-order valence-electron chi connectivity index (χ1n) is 7.64. The van der Waals surface area contributed by atoms with E-state index in [1.165, 1.54) is 6.07 Å². The van der Waals surface area contributed by atoms with Gasteiger partial charge in [0.2, 0.25) is 0 Å². The van der Waals surface area contributed by atoms with E-state index >= 15 is 0 Å². The van der Waals surface area contributed by atoms with Crippen LogP contribution in [0.1, 0.15) is 32.9 Å². The van der Waals surface area contributed by atoms with E-state index in [0.717, 1.165) is 18.8 Å². The number of carbonyl (C=O) groups excluding carboxylic acids is 1. The molecule has 120 valence electrons. The molecule has 2 atom stereocenters. The summed E-state index contributed by atoms with van der Waals surface area (Å²) in [5, 5.41) is 0. The van der Waals surface area contributed by atoms with Gasteiger partial charge in [-0.25, -0.2) is 14.2 Å². The van der Waals surface area contributed by atoms with Crippen LogP contribution in [0.25, 0.3) is 0 Å². The topological polar surface area (TPSA) is 45.7 Å². The quantitative estimate of drug-likeness (QED) is 0.800. The van der Waals surface area contributed by atoms with Gasteiger partial charge in [-0.1, -0.05) is 0 Å². The van der Waals surface area contributed by atoms with Crippen LogP contribution in [-0.4, -0.2) is 46.8 Å². The number of aromatic nitrogens is 1. The maximum atomic E-state index is 13.3. The zero-order chi connectivity index (χ0) is 16.1. The first-order chi connectivity index (χ1) is 10.2. The number of aryl methyl sites for hydroxylation is 1. The minimum absolute atomic E-state index is 0.145. The van der Waals surface area contributed by atoms with Crippen LogP contribution in [0.3, 0.4) is 0 Å². The van der Waals surface area contributed by atoms with Crippen LogP contribution in [0, 0.1) is 12.7 Å². The lowest BCUT2D eigenvalue weighted by Crippen LogP contribution is -2.50. The number of rotatable bonds is 1. The highest BCUT2D eigenvalue weighted by atomic mass is 19.1. The van der Waals surface area contributed by atoms with Crippen molar-refractivity contribution >= 4 is 11.9 Å². The first-order valence-corrected chi connectivity index (χ1v) is 7.64. The molecule has 22 heavy (non-hydrogen) atoms. The zero-order valence-electron chi connectivity index (χ0n) is 13.5. The van der Waals surface area contributed by atoms with Gasteiger partial charge in [0.15, 0.2) is 0 Å². The van der Waals surface area contributed by atoms with Crippen molar-refractivity contribution in [1.82, 2.24) is 9.88 Å². The fraction of sp³-hybridized carbons (Fsp3) is 0.625. The Hall–Kier alpha value is -1.85. The van der Waals surface area contributed by atoms with Crippen LogP contribution >= 0.6 is 0 Å². The molecule has 1 aromatic heterocycles. The van der Waals surface area contributed by atoms with Crippen molar-refractivity contribution in [3.8, 4) is 0 Å². The number of piperazine rings is 1. The smallest absolute Gasteiger partial charge is 0.410 e.